The van der Waals surface area contributed by atoms with Crippen LogP contribution in [-0.2, 0) is 12.7 Å². The monoisotopic (exact) mass is 348 g/mol. The topological polar surface area (TPSA) is 38.1 Å². The highest BCUT2D eigenvalue weighted by Gasteiger charge is 2.30. The zero-order valence-electron chi connectivity index (χ0n) is 10.8. The van der Waals surface area contributed by atoms with Crippen molar-refractivity contribution in [1.82, 2.24) is 5.16 Å². The molecule has 0 spiro atoms. The number of benzene rings is 1. The molecule has 0 bridgehead atoms. The molecule has 2 aromatic rings. The van der Waals surface area contributed by atoms with E-state index in [-0.39, 0.29) is 0 Å². The van der Waals surface area contributed by atoms with E-state index in [2.05, 4.69) is 26.4 Å². The van der Waals surface area contributed by atoms with Crippen LogP contribution >= 0.6 is 15.9 Å². The summed E-state index contributed by atoms with van der Waals surface area (Å²) in [5, 5.41) is 6.76. The van der Waals surface area contributed by atoms with Crippen molar-refractivity contribution in [3.8, 4) is 0 Å². The molecule has 1 aromatic heterocycles. The number of halogens is 4. The van der Waals surface area contributed by atoms with Crippen LogP contribution in [0.1, 0.15) is 22.6 Å². The molecule has 2 rings (SSSR count). The van der Waals surface area contributed by atoms with Crippen molar-refractivity contribution in [3.63, 3.8) is 0 Å². The Balaban J connectivity index is 2.21. The Labute approximate surface area is 122 Å². The Bertz CT molecular complexity index is 603. The van der Waals surface area contributed by atoms with Gasteiger partial charge < -0.3 is 9.84 Å². The normalized spacial score (nSPS) is 11.7. The van der Waals surface area contributed by atoms with E-state index in [0.29, 0.717) is 22.5 Å². The minimum atomic E-state index is -4.36. The van der Waals surface area contributed by atoms with Crippen LogP contribution in [0.25, 0.3) is 0 Å². The van der Waals surface area contributed by atoms with Gasteiger partial charge in [0.05, 0.1) is 11.3 Å². The summed E-state index contributed by atoms with van der Waals surface area (Å²) < 4.78 is 43.6. The molecule has 0 aliphatic carbocycles. The van der Waals surface area contributed by atoms with Gasteiger partial charge in [-0.2, -0.15) is 13.2 Å². The summed E-state index contributed by atoms with van der Waals surface area (Å²) in [6.45, 7) is 3.90. The van der Waals surface area contributed by atoms with Gasteiger partial charge >= 0.3 is 6.18 Å². The van der Waals surface area contributed by atoms with Crippen LogP contribution in [-0.4, -0.2) is 5.16 Å². The number of anilines is 1. The van der Waals surface area contributed by atoms with Crippen LogP contribution < -0.4 is 5.32 Å². The largest absolute Gasteiger partial charge is 0.416 e. The fraction of sp³-hybridized carbons (Fsp3) is 0.308. The standard InChI is InChI=1S/C13H12BrF3N2O/c1-7-10(8(2)20-19-7)6-18-12-5-9(13(15,16)17)3-4-11(12)14/h3-5,18H,6H2,1-2H3. The van der Waals surface area contributed by atoms with Gasteiger partial charge in [-0.3, -0.25) is 0 Å². The van der Waals surface area contributed by atoms with E-state index in [1.807, 2.05) is 0 Å². The van der Waals surface area contributed by atoms with Crippen LogP contribution in [0.2, 0.25) is 0 Å². The van der Waals surface area contributed by atoms with E-state index in [0.717, 1.165) is 23.4 Å². The van der Waals surface area contributed by atoms with Crippen LogP contribution in [0.4, 0.5) is 18.9 Å². The van der Waals surface area contributed by atoms with Gasteiger partial charge in [-0.1, -0.05) is 5.16 Å². The molecule has 0 fully saturated rings. The highest BCUT2D eigenvalue weighted by atomic mass is 79.9. The lowest BCUT2D eigenvalue weighted by Gasteiger charge is -2.12. The molecule has 0 saturated heterocycles. The summed E-state index contributed by atoms with van der Waals surface area (Å²) in [5.41, 5.74) is 1.24. The van der Waals surface area contributed by atoms with Crippen molar-refractivity contribution >= 4 is 21.6 Å². The van der Waals surface area contributed by atoms with E-state index in [4.69, 9.17) is 4.52 Å². The Morgan fingerprint density at radius 3 is 2.55 bits per heavy atom. The van der Waals surface area contributed by atoms with Crippen LogP contribution in [0.3, 0.4) is 0 Å². The summed E-state index contributed by atoms with van der Waals surface area (Å²) >= 11 is 3.23. The summed E-state index contributed by atoms with van der Waals surface area (Å²) in [4.78, 5) is 0. The zero-order valence-corrected chi connectivity index (χ0v) is 12.4. The van der Waals surface area contributed by atoms with E-state index in [1.165, 1.54) is 6.07 Å². The minimum absolute atomic E-state index is 0.348. The molecule has 0 aliphatic rings. The molecule has 1 aromatic carbocycles. The van der Waals surface area contributed by atoms with Gasteiger partial charge in [0, 0.05) is 22.3 Å². The third kappa shape index (κ3) is 3.15. The van der Waals surface area contributed by atoms with Crippen molar-refractivity contribution < 1.29 is 17.7 Å². The number of hydrogen-bond donors (Lipinski definition) is 1. The summed E-state index contributed by atoms with van der Waals surface area (Å²) in [6.07, 6.45) is -4.36. The molecule has 20 heavy (non-hydrogen) atoms. The number of hydrogen-bond acceptors (Lipinski definition) is 3. The lowest BCUT2D eigenvalue weighted by molar-refractivity contribution is -0.137. The van der Waals surface area contributed by atoms with Gasteiger partial charge in [0.25, 0.3) is 0 Å². The van der Waals surface area contributed by atoms with Gasteiger partial charge in [-0.15, -0.1) is 0 Å². The van der Waals surface area contributed by atoms with E-state index < -0.39 is 11.7 Å². The van der Waals surface area contributed by atoms with Gasteiger partial charge in [-0.25, -0.2) is 0 Å². The maximum Gasteiger partial charge on any atom is 0.416 e. The first-order valence-corrected chi connectivity index (χ1v) is 6.60. The molecule has 0 amide bonds. The zero-order chi connectivity index (χ0) is 14.9. The summed E-state index contributed by atoms with van der Waals surface area (Å²) in [5.74, 6) is 0.651. The van der Waals surface area contributed by atoms with Crippen LogP contribution in [0.5, 0.6) is 0 Å². The second-order valence-corrected chi connectivity index (χ2v) is 5.20. The number of rotatable bonds is 3. The molecular formula is C13H12BrF3N2O. The fourth-order valence-corrected chi connectivity index (χ4v) is 2.16. The van der Waals surface area contributed by atoms with Gasteiger partial charge in [0.1, 0.15) is 5.76 Å². The predicted molar refractivity (Wildman–Crippen MR) is 72.4 cm³/mol. The highest BCUT2D eigenvalue weighted by molar-refractivity contribution is 9.10. The Morgan fingerprint density at radius 1 is 1.30 bits per heavy atom. The molecule has 0 atom stereocenters. The fourth-order valence-electron chi connectivity index (χ4n) is 1.77. The van der Waals surface area contributed by atoms with Gasteiger partial charge in [0.2, 0.25) is 0 Å². The van der Waals surface area contributed by atoms with Crippen LogP contribution in [0.15, 0.2) is 27.2 Å². The first-order valence-electron chi connectivity index (χ1n) is 5.81. The molecule has 0 saturated carbocycles. The third-order valence-corrected chi connectivity index (χ3v) is 3.62. The van der Waals surface area contributed by atoms with E-state index >= 15 is 0 Å². The predicted octanol–water partition coefficient (Wildman–Crippen LogP) is 4.68. The van der Waals surface area contributed by atoms with Crippen molar-refractivity contribution in [2.24, 2.45) is 0 Å². The molecule has 1 N–H and O–H groups in total. The van der Waals surface area contributed by atoms with E-state index in [1.54, 1.807) is 13.8 Å². The average Bonchev–Trinajstić information content (AvgIpc) is 2.67. The van der Waals surface area contributed by atoms with Gasteiger partial charge in [0.15, 0.2) is 0 Å². The summed E-state index contributed by atoms with van der Waals surface area (Å²) in [6, 6.07) is 3.48. The second-order valence-electron chi connectivity index (χ2n) is 4.35. The number of nitrogens with zero attached hydrogens (tertiary/aromatic N) is 1. The summed E-state index contributed by atoms with van der Waals surface area (Å²) in [7, 11) is 0. The molecule has 1 heterocycles. The lowest BCUT2D eigenvalue weighted by atomic mass is 10.1. The Hall–Kier alpha value is -1.50. The maximum absolute atomic E-state index is 12.7. The average molecular weight is 349 g/mol. The highest BCUT2D eigenvalue weighted by Crippen LogP contribution is 2.34. The number of nitrogens with one attached hydrogen (secondary N) is 1. The number of aromatic nitrogens is 1. The molecular weight excluding hydrogens is 337 g/mol. The molecule has 108 valence electrons. The smallest absolute Gasteiger partial charge is 0.380 e. The second kappa shape index (κ2) is 5.47. The molecule has 0 radical (unpaired) electrons. The maximum atomic E-state index is 12.7. The number of aryl methyl sites for hydroxylation is 2. The van der Waals surface area contributed by atoms with Gasteiger partial charge in [-0.05, 0) is 48.0 Å². The Morgan fingerprint density at radius 2 is 2.00 bits per heavy atom. The van der Waals surface area contributed by atoms with Crippen molar-refractivity contribution in [3.05, 3.63) is 45.3 Å². The van der Waals surface area contributed by atoms with Crippen molar-refractivity contribution in [1.29, 1.82) is 0 Å². The number of alkyl halides is 3. The van der Waals surface area contributed by atoms with Crippen molar-refractivity contribution in [2.75, 3.05) is 5.32 Å². The molecule has 7 heteroatoms. The first-order chi connectivity index (χ1) is 9.29. The molecule has 0 aliphatic heterocycles. The minimum Gasteiger partial charge on any atom is -0.380 e. The molecule has 3 nitrogen and oxygen atoms in total. The first kappa shape index (κ1) is 14.9. The van der Waals surface area contributed by atoms with E-state index in [9.17, 15) is 13.2 Å². The lowest BCUT2D eigenvalue weighted by Crippen LogP contribution is -2.07. The quantitative estimate of drug-likeness (QED) is 0.874. The SMILES string of the molecule is Cc1noc(C)c1CNc1cc(C(F)(F)F)ccc1Br. The third-order valence-electron chi connectivity index (χ3n) is 2.93. The van der Waals surface area contributed by atoms with Crippen LogP contribution in [0, 0.1) is 13.8 Å². The van der Waals surface area contributed by atoms with Crippen molar-refractivity contribution in [2.45, 2.75) is 26.6 Å². The molecule has 0 unspecified atom stereocenters. The Kier molecular flexibility index (Phi) is 4.08.